The number of para-hydroxylation sites is 2. The Morgan fingerprint density at radius 2 is 1.73 bits per heavy atom. The van der Waals surface area contributed by atoms with Gasteiger partial charge in [0.05, 0.1) is 16.6 Å². The zero-order valence-electron chi connectivity index (χ0n) is 17.0. The molecule has 3 aromatic carbocycles. The molecule has 0 amide bonds. The molecule has 0 bridgehead atoms. The summed E-state index contributed by atoms with van der Waals surface area (Å²) >= 11 is 6.04. The average Bonchev–Trinajstić information content (AvgIpc) is 3.12. The standard InChI is InChI=1S/C26H22ClN3/c1-18(2)21-11-7-19(8-12-21)15-22(16-28)26-29-24-5-3-4-6-25(24)30(26)17-20-9-13-23(27)14-10-20/h3-15,18H,17H2,1-2H3/b22-15-. The van der Waals surface area contributed by atoms with Gasteiger partial charge in [0.2, 0.25) is 0 Å². The van der Waals surface area contributed by atoms with Crippen molar-refractivity contribution in [3.63, 3.8) is 0 Å². The summed E-state index contributed by atoms with van der Waals surface area (Å²) in [5.41, 5.74) is 5.78. The van der Waals surface area contributed by atoms with Gasteiger partial charge in [-0.3, -0.25) is 0 Å². The molecule has 3 nitrogen and oxygen atoms in total. The van der Waals surface area contributed by atoms with E-state index in [1.165, 1.54) is 5.56 Å². The van der Waals surface area contributed by atoms with Gasteiger partial charge in [-0.15, -0.1) is 0 Å². The molecule has 148 valence electrons. The van der Waals surface area contributed by atoms with E-state index in [1.807, 2.05) is 54.6 Å². The molecule has 0 atom stereocenters. The van der Waals surface area contributed by atoms with Gasteiger partial charge in [-0.1, -0.05) is 74.0 Å². The highest BCUT2D eigenvalue weighted by Crippen LogP contribution is 2.25. The zero-order chi connectivity index (χ0) is 21.1. The van der Waals surface area contributed by atoms with Gasteiger partial charge in [0.15, 0.2) is 5.82 Å². The van der Waals surface area contributed by atoms with Crippen LogP contribution in [0.2, 0.25) is 5.02 Å². The largest absolute Gasteiger partial charge is 0.319 e. The van der Waals surface area contributed by atoms with Crippen molar-refractivity contribution in [1.82, 2.24) is 9.55 Å². The minimum Gasteiger partial charge on any atom is -0.319 e. The van der Waals surface area contributed by atoms with Gasteiger partial charge < -0.3 is 4.57 Å². The van der Waals surface area contributed by atoms with Crippen molar-refractivity contribution in [2.24, 2.45) is 0 Å². The molecule has 1 aromatic heterocycles. The Labute approximate surface area is 181 Å². The van der Waals surface area contributed by atoms with E-state index >= 15 is 0 Å². The first-order valence-electron chi connectivity index (χ1n) is 9.97. The minimum atomic E-state index is 0.474. The third kappa shape index (κ3) is 4.15. The lowest BCUT2D eigenvalue weighted by atomic mass is 10.0. The quantitative estimate of drug-likeness (QED) is 0.334. The van der Waals surface area contributed by atoms with E-state index in [1.54, 1.807) is 0 Å². The van der Waals surface area contributed by atoms with Crippen LogP contribution in [0.15, 0.2) is 72.8 Å². The summed E-state index contributed by atoms with van der Waals surface area (Å²) < 4.78 is 2.09. The number of hydrogen-bond donors (Lipinski definition) is 0. The topological polar surface area (TPSA) is 41.6 Å². The van der Waals surface area contributed by atoms with Gasteiger partial charge in [0.25, 0.3) is 0 Å². The van der Waals surface area contributed by atoms with Crippen LogP contribution in [-0.2, 0) is 6.54 Å². The van der Waals surface area contributed by atoms with Crippen LogP contribution in [0.25, 0.3) is 22.7 Å². The maximum atomic E-state index is 9.95. The first-order valence-corrected chi connectivity index (χ1v) is 10.3. The Kier molecular flexibility index (Phi) is 5.70. The van der Waals surface area contributed by atoms with Crippen LogP contribution in [0, 0.1) is 11.3 Å². The molecule has 0 radical (unpaired) electrons. The number of nitriles is 1. The molecule has 0 spiro atoms. The summed E-state index contributed by atoms with van der Waals surface area (Å²) in [6, 6.07) is 26.4. The van der Waals surface area contributed by atoms with E-state index in [2.05, 4.69) is 48.7 Å². The molecule has 0 saturated heterocycles. The highest BCUT2D eigenvalue weighted by Gasteiger charge is 2.15. The highest BCUT2D eigenvalue weighted by molar-refractivity contribution is 6.30. The molecule has 0 unspecified atom stereocenters. The molecule has 4 aromatic rings. The van der Waals surface area contributed by atoms with Gasteiger partial charge in [-0.2, -0.15) is 5.26 Å². The molecule has 30 heavy (non-hydrogen) atoms. The zero-order valence-corrected chi connectivity index (χ0v) is 17.8. The normalized spacial score (nSPS) is 11.8. The summed E-state index contributed by atoms with van der Waals surface area (Å²) in [6.07, 6.45) is 1.91. The third-order valence-corrected chi connectivity index (χ3v) is 5.44. The number of imidazole rings is 1. The number of benzene rings is 3. The SMILES string of the molecule is CC(C)c1ccc(/C=C(/C#N)c2nc3ccccc3n2Cc2ccc(Cl)cc2)cc1. The molecule has 1 heterocycles. The van der Waals surface area contributed by atoms with Gasteiger partial charge in [-0.05, 0) is 52.9 Å². The molecular formula is C26H22ClN3. The Morgan fingerprint density at radius 3 is 2.40 bits per heavy atom. The molecule has 0 aliphatic rings. The fourth-order valence-corrected chi connectivity index (χ4v) is 3.63. The van der Waals surface area contributed by atoms with Crippen LogP contribution in [0.4, 0.5) is 0 Å². The molecule has 0 aliphatic carbocycles. The smallest absolute Gasteiger partial charge is 0.152 e. The average molecular weight is 412 g/mol. The number of fused-ring (bicyclic) bond motifs is 1. The van der Waals surface area contributed by atoms with Crippen LogP contribution in [-0.4, -0.2) is 9.55 Å². The molecule has 0 saturated carbocycles. The number of allylic oxidation sites excluding steroid dienone is 1. The van der Waals surface area contributed by atoms with E-state index < -0.39 is 0 Å². The summed E-state index contributed by atoms with van der Waals surface area (Å²) in [6.45, 7) is 4.95. The van der Waals surface area contributed by atoms with Crippen LogP contribution in [0.5, 0.6) is 0 Å². The number of hydrogen-bond acceptors (Lipinski definition) is 2. The molecule has 0 N–H and O–H groups in total. The second-order valence-electron chi connectivity index (χ2n) is 7.63. The highest BCUT2D eigenvalue weighted by atomic mass is 35.5. The molecule has 4 heteroatoms. The van der Waals surface area contributed by atoms with Crippen LogP contribution in [0.3, 0.4) is 0 Å². The van der Waals surface area contributed by atoms with E-state index in [9.17, 15) is 5.26 Å². The third-order valence-electron chi connectivity index (χ3n) is 5.18. The number of aromatic nitrogens is 2. The maximum Gasteiger partial charge on any atom is 0.152 e. The Hall–Kier alpha value is -3.35. The van der Waals surface area contributed by atoms with Crippen molar-refractivity contribution in [3.8, 4) is 6.07 Å². The second kappa shape index (κ2) is 8.57. The summed E-state index contributed by atoms with van der Waals surface area (Å²) in [5, 5.41) is 10.7. The number of nitrogens with zero attached hydrogens (tertiary/aromatic N) is 3. The lowest BCUT2D eigenvalue weighted by molar-refractivity contribution is 0.811. The van der Waals surface area contributed by atoms with Gasteiger partial charge in [0.1, 0.15) is 6.07 Å². The van der Waals surface area contributed by atoms with Gasteiger partial charge in [0, 0.05) is 11.6 Å². The first kappa shape index (κ1) is 19.9. The van der Waals surface area contributed by atoms with E-state index in [0.29, 0.717) is 28.9 Å². The number of halogens is 1. The lowest BCUT2D eigenvalue weighted by Gasteiger charge is -2.10. The predicted octanol–water partition coefficient (Wildman–Crippen LogP) is 6.93. The fourth-order valence-electron chi connectivity index (χ4n) is 3.50. The Morgan fingerprint density at radius 1 is 1.03 bits per heavy atom. The molecule has 0 fully saturated rings. The Bertz CT molecular complexity index is 1240. The first-order chi connectivity index (χ1) is 14.5. The van der Waals surface area contributed by atoms with Crippen LogP contribution >= 0.6 is 11.6 Å². The van der Waals surface area contributed by atoms with Crippen molar-refractivity contribution in [1.29, 1.82) is 5.26 Å². The Balaban J connectivity index is 1.79. The second-order valence-corrected chi connectivity index (χ2v) is 8.06. The summed E-state index contributed by atoms with van der Waals surface area (Å²) in [4.78, 5) is 4.79. The molecular weight excluding hydrogens is 390 g/mol. The summed E-state index contributed by atoms with van der Waals surface area (Å²) in [7, 11) is 0. The van der Waals surface area contributed by atoms with Crippen molar-refractivity contribution in [2.45, 2.75) is 26.3 Å². The van der Waals surface area contributed by atoms with Crippen molar-refractivity contribution < 1.29 is 0 Å². The molecule has 0 aliphatic heterocycles. The van der Waals surface area contributed by atoms with Crippen LogP contribution in [0.1, 0.15) is 42.3 Å². The monoisotopic (exact) mass is 411 g/mol. The minimum absolute atomic E-state index is 0.474. The van der Waals surface area contributed by atoms with E-state index in [0.717, 1.165) is 22.2 Å². The summed E-state index contributed by atoms with van der Waals surface area (Å²) in [5.74, 6) is 1.14. The maximum absolute atomic E-state index is 9.95. The van der Waals surface area contributed by atoms with Crippen molar-refractivity contribution >= 4 is 34.3 Å². The van der Waals surface area contributed by atoms with Gasteiger partial charge >= 0.3 is 0 Å². The lowest BCUT2D eigenvalue weighted by Crippen LogP contribution is -2.04. The predicted molar refractivity (Wildman–Crippen MR) is 124 cm³/mol. The van der Waals surface area contributed by atoms with Crippen LogP contribution < -0.4 is 0 Å². The van der Waals surface area contributed by atoms with Crippen molar-refractivity contribution in [2.75, 3.05) is 0 Å². The van der Waals surface area contributed by atoms with Gasteiger partial charge in [-0.25, -0.2) is 4.98 Å². The molecule has 4 rings (SSSR count). The van der Waals surface area contributed by atoms with E-state index in [4.69, 9.17) is 16.6 Å². The fraction of sp³-hybridized carbons (Fsp3) is 0.154. The number of rotatable bonds is 5. The van der Waals surface area contributed by atoms with Crippen molar-refractivity contribution in [3.05, 3.63) is 100 Å². The van der Waals surface area contributed by atoms with E-state index in [-0.39, 0.29) is 0 Å².